The largest absolute Gasteiger partial charge is 0.339 e. The fourth-order valence-corrected chi connectivity index (χ4v) is 3.65. The Morgan fingerprint density at radius 2 is 2.09 bits per heavy atom. The summed E-state index contributed by atoms with van der Waals surface area (Å²) in [4.78, 5) is 21.5. The van der Waals surface area contributed by atoms with Gasteiger partial charge in [0.05, 0.1) is 22.3 Å². The molecule has 160 valence electrons. The average Bonchev–Trinajstić information content (AvgIpc) is 3.42. The molecular formula is C23H17N9O. The number of nitrogens with zero attached hydrogens (tertiary/aromatic N) is 7. The van der Waals surface area contributed by atoms with E-state index in [4.69, 9.17) is 4.98 Å². The van der Waals surface area contributed by atoms with Crippen LogP contribution in [0.5, 0.6) is 0 Å². The minimum atomic E-state index is -0.149. The molecule has 5 aromatic rings. The Balaban J connectivity index is 1.59. The predicted octanol–water partition coefficient (Wildman–Crippen LogP) is 3.73. The molecule has 10 nitrogen and oxygen atoms in total. The van der Waals surface area contributed by atoms with Crippen LogP contribution < -0.4 is 5.32 Å². The van der Waals surface area contributed by atoms with Gasteiger partial charge in [0.25, 0.3) is 0 Å². The van der Waals surface area contributed by atoms with Crippen LogP contribution in [-0.2, 0) is 0 Å². The number of hydrogen-bond acceptors (Lipinski definition) is 8. The molecule has 0 radical (unpaired) electrons. The zero-order valence-electron chi connectivity index (χ0n) is 17.7. The van der Waals surface area contributed by atoms with E-state index in [2.05, 4.69) is 36.8 Å². The van der Waals surface area contributed by atoms with Gasteiger partial charge >= 0.3 is 0 Å². The SMILES string of the molecule is CC(=O)c1ccc(-n2cnc3cc(Nc4cccnn4)ccc32)nc1-c1c(C#N)n[nH]c1C. The molecule has 2 N–H and O–H groups in total. The molecule has 4 aromatic heterocycles. The van der Waals surface area contributed by atoms with Crippen LogP contribution in [0.2, 0.25) is 0 Å². The molecule has 0 fully saturated rings. The fraction of sp³-hybridized carbons (Fsp3) is 0.0870. The van der Waals surface area contributed by atoms with Crippen molar-refractivity contribution in [1.82, 2.24) is 34.9 Å². The van der Waals surface area contributed by atoms with E-state index in [9.17, 15) is 10.1 Å². The van der Waals surface area contributed by atoms with Crippen LogP contribution in [0.25, 0.3) is 28.1 Å². The number of fused-ring (bicyclic) bond motifs is 1. The number of aromatic amines is 1. The number of H-pyrrole nitrogens is 1. The molecular weight excluding hydrogens is 418 g/mol. The highest BCUT2D eigenvalue weighted by Crippen LogP contribution is 2.30. The Kier molecular flexibility index (Phi) is 4.84. The zero-order valence-corrected chi connectivity index (χ0v) is 17.7. The van der Waals surface area contributed by atoms with Crippen molar-refractivity contribution >= 4 is 28.3 Å². The maximum atomic E-state index is 12.3. The third-order valence-corrected chi connectivity index (χ3v) is 5.19. The van der Waals surface area contributed by atoms with E-state index in [0.29, 0.717) is 34.2 Å². The van der Waals surface area contributed by atoms with E-state index in [-0.39, 0.29) is 11.5 Å². The van der Waals surface area contributed by atoms with Gasteiger partial charge in [-0.05, 0) is 56.3 Å². The van der Waals surface area contributed by atoms with Crippen molar-refractivity contribution in [2.45, 2.75) is 13.8 Å². The van der Waals surface area contributed by atoms with Crippen molar-refractivity contribution in [3.05, 3.63) is 71.9 Å². The summed E-state index contributed by atoms with van der Waals surface area (Å²) in [6.07, 6.45) is 3.28. The second-order valence-electron chi connectivity index (χ2n) is 7.36. The Hall–Kier alpha value is -4.91. The van der Waals surface area contributed by atoms with Crippen LogP contribution in [0.15, 0.2) is 55.0 Å². The minimum Gasteiger partial charge on any atom is -0.339 e. The van der Waals surface area contributed by atoms with E-state index in [1.807, 2.05) is 28.8 Å². The van der Waals surface area contributed by atoms with Gasteiger partial charge in [-0.25, -0.2) is 9.97 Å². The fourth-order valence-electron chi connectivity index (χ4n) is 3.65. The molecule has 4 heterocycles. The van der Waals surface area contributed by atoms with E-state index in [1.165, 1.54) is 6.92 Å². The summed E-state index contributed by atoms with van der Waals surface area (Å²) in [5.41, 5.74) is 4.60. The van der Waals surface area contributed by atoms with Crippen molar-refractivity contribution in [3.8, 4) is 23.1 Å². The van der Waals surface area contributed by atoms with Crippen molar-refractivity contribution < 1.29 is 4.79 Å². The molecule has 0 spiro atoms. The Labute approximate surface area is 188 Å². The highest BCUT2D eigenvalue weighted by molar-refractivity contribution is 6.00. The first-order chi connectivity index (χ1) is 16.0. The first-order valence-corrected chi connectivity index (χ1v) is 10.0. The summed E-state index contributed by atoms with van der Waals surface area (Å²) in [7, 11) is 0. The third kappa shape index (κ3) is 3.57. The molecule has 0 saturated heterocycles. The average molecular weight is 435 g/mol. The number of carbonyl (C=O) groups excluding carboxylic acids is 1. The number of carbonyl (C=O) groups is 1. The van der Waals surface area contributed by atoms with E-state index in [0.717, 1.165) is 16.7 Å². The maximum Gasteiger partial charge on any atom is 0.171 e. The van der Waals surface area contributed by atoms with Gasteiger partial charge in [0, 0.05) is 23.1 Å². The number of anilines is 2. The number of imidazole rings is 1. The molecule has 0 aliphatic carbocycles. The molecule has 0 aliphatic heterocycles. The predicted molar refractivity (Wildman–Crippen MR) is 121 cm³/mol. The van der Waals surface area contributed by atoms with Gasteiger partial charge in [0.2, 0.25) is 0 Å². The van der Waals surface area contributed by atoms with E-state index in [1.54, 1.807) is 37.6 Å². The number of Topliss-reactive ketones (excluding diaryl/α,β-unsaturated/α-hetero) is 1. The number of nitrogens with one attached hydrogen (secondary N) is 2. The lowest BCUT2D eigenvalue weighted by molar-refractivity contribution is 0.101. The van der Waals surface area contributed by atoms with Crippen LogP contribution in [0.3, 0.4) is 0 Å². The normalized spacial score (nSPS) is 10.8. The van der Waals surface area contributed by atoms with Gasteiger partial charge < -0.3 is 5.32 Å². The van der Waals surface area contributed by atoms with Gasteiger partial charge in [0.15, 0.2) is 17.3 Å². The lowest BCUT2D eigenvalue weighted by atomic mass is 10.0. The number of pyridine rings is 1. The van der Waals surface area contributed by atoms with Crippen LogP contribution in [0, 0.1) is 18.3 Å². The van der Waals surface area contributed by atoms with Gasteiger partial charge in [-0.15, -0.1) is 5.10 Å². The van der Waals surface area contributed by atoms with Gasteiger partial charge in [-0.2, -0.15) is 15.5 Å². The van der Waals surface area contributed by atoms with Gasteiger partial charge in [0.1, 0.15) is 18.2 Å². The summed E-state index contributed by atoms with van der Waals surface area (Å²) < 4.78 is 1.83. The summed E-state index contributed by atoms with van der Waals surface area (Å²) in [6, 6.07) is 14.9. The summed E-state index contributed by atoms with van der Waals surface area (Å²) >= 11 is 0. The number of aryl methyl sites for hydroxylation is 1. The Morgan fingerprint density at radius 1 is 1.21 bits per heavy atom. The first-order valence-electron chi connectivity index (χ1n) is 10.0. The van der Waals surface area contributed by atoms with E-state index < -0.39 is 0 Å². The zero-order chi connectivity index (χ0) is 22.9. The molecule has 0 unspecified atom stereocenters. The standard InChI is InChI=1S/C23H17N9O/c1-13-22(18(11-24)30-29-13)23-16(14(2)33)6-8-21(28-23)32-12-25-17-10-15(5-7-19(17)32)27-20-4-3-9-26-31-20/h3-10,12H,1-2H3,(H,27,31)(H,29,30). The molecule has 5 rings (SSSR count). The van der Waals surface area contributed by atoms with Crippen LogP contribution in [0.4, 0.5) is 11.5 Å². The molecule has 0 aliphatic rings. The maximum absolute atomic E-state index is 12.3. The minimum absolute atomic E-state index is 0.149. The van der Waals surface area contributed by atoms with Crippen molar-refractivity contribution in [3.63, 3.8) is 0 Å². The van der Waals surface area contributed by atoms with Crippen molar-refractivity contribution in [1.29, 1.82) is 5.26 Å². The Bertz CT molecular complexity index is 1540. The lowest BCUT2D eigenvalue weighted by Crippen LogP contribution is -2.04. The molecule has 0 atom stereocenters. The number of nitriles is 1. The summed E-state index contributed by atoms with van der Waals surface area (Å²) in [6.45, 7) is 3.26. The van der Waals surface area contributed by atoms with Crippen molar-refractivity contribution in [2.24, 2.45) is 0 Å². The van der Waals surface area contributed by atoms with Gasteiger partial charge in [-0.1, -0.05) is 0 Å². The molecule has 0 bridgehead atoms. The number of ketones is 1. The number of rotatable bonds is 5. The monoisotopic (exact) mass is 435 g/mol. The van der Waals surface area contributed by atoms with Crippen LogP contribution in [-0.4, -0.2) is 40.7 Å². The van der Waals surface area contributed by atoms with E-state index >= 15 is 0 Å². The van der Waals surface area contributed by atoms with Gasteiger partial charge in [-0.3, -0.25) is 14.5 Å². The number of benzene rings is 1. The first kappa shape index (κ1) is 20.0. The van der Waals surface area contributed by atoms with Crippen molar-refractivity contribution in [2.75, 3.05) is 5.32 Å². The smallest absolute Gasteiger partial charge is 0.171 e. The molecule has 0 amide bonds. The molecule has 1 aromatic carbocycles. The van der Waals surface area contributed by atoms with Crippen LogP contribution >= 0.6 is 0 Å². The number of aromatic nitrogens is 7. The molecule has 10 heteroatoms. The summed E-state index contributed by atoms with van der Waals surface area (Å²) in [5, 5.41) is 27.4. The third-order valence-electron chi connectivity index (χ3n) is 5.19. The van der Waals surface area contributed by atoms with Crippen LogP contribution in [0.1, 0.15) is 28.7 Å². The second kappa shape index (κ2) is 7.97. The highest BCUT2D eigenvalue weighted by atomic mass is 16.1. The second-order valence-corrected chi connectivity index (χ2v) is 7.36. The number of hydrogen-bond donors (Lipinski definition) is 2. The lowest BCUT2D eigenvalue weighted by Gasteiger charge is -2.11. The Morgan fingerprint density at radius 3 is 2.85 bits per heavy atom. The molecule has 0 saturated carbocycles. The molecule has 33 heavy (non-hydrogen) atoms. The quantitative estimate of drug-likeness (QED) is 0.398. The highest BCUT2D eigenvalue weighted by Gasteiger charge is 2.21. The topological polar surface area (TPSA) is 138 Å². The summed E-state index contributed by atoms with van der Waals surface area (Å²) in [5.74, 6) is 1.05.